The Balaban J connectivity index is 2.95. The van der Waals surface area contributed by atoms with Crippen LogP contribution in [-0.4, -0.2) is 38.3 Å². The van der Waals surface area contributed by atoms with Crippen LogP contribution in [0.3, 0.4) is 0 Å². The molecule has 0 bridgehead atoms. The van der Waals surface area contributed by atoms with Crippen molar-refractivity contribution in [1.29, 1.82) is 0 Å². The van der Waals surface area contributed by atoms with Crippen molar-refractivity contribution in [1.82, 2.24) is 4.31 Å². The lowest BCUT2D eigenvalue weighted by molar-refractivity contribution is -0.114. The summed E-state index contributed by atoms with van der Waals surface area (Å²) in [7, 11) is -2.00. The molecule has 0 saturated carbocycles. The predicted octanol–water partition coefficient (Wildman–Crippen LogP) is 1.00. The Morgan fingerprint density at radius 3 is 2.35 bits per heavy atom. The van der Waals surface area contributed by atoms with Crippen molar-refractivity contribution in [2.45, 2.75) is 31.2 Å². The van der Waals surface area contributed by atoms with E-state index >= 15 is 0 Å². The van der Waals surface area contributed by atoms with E-state index in [1.165, 1.54) is 30.4 Å². The fraction of sp³-hybridized carbons (Fsp3) is 0.462. The number of nitrogens with zero attached hydrogens (tertiary/aromatic N) is 1. The van der Waals surface area contributed by atoms with E-state index in [1.807, 2.05) is 6.92 Å². The molecule has 0 spiro atoms. The van der Waals surface area contributed by atoms with E-state index in [4.69, 9.17) is 5.73 Å². The molecule has 1 aromatic rings. The van der Waals surface area contributed by atoms with Gasteiger partial charge in [0.15, 0.2) is 0 Å². The molecular weight excluding hydrogens is 278 g/mol. The Bertz CT molecular complexity index is 555. The van der Waals surface area contributed by atoms with Crippen LogP contribution in [0.15, 0.2) is 29.2 Å². The van der Waals surface area contributed by atoms with Crippen LogP contribution < -0.4 is 11.1 Å². The van der Waals surface area contributed by atoms with Crippen molar-refractivity contribution in [2.24, 2.45) is 5.73 Å². The van der Waals surface area contributed by atoms with Crippen molar-refractivity contribution in [2.75, 3.05) is 18.9 Å². The van der Waals surface area contributed by atoms with Gasteiger partial charge < -0.3 is 11.1 Å². The minimum Gasteiger partial charge on any atom is -0.330 e. The molecule has 0 aliphatic heterocycles. The molecule has 0 fully saturated rings. The van der Waals surface area contributed by atoms with Gasteiger partial charge in [-0.25, -0.2) is 8.42 Å². The molecule has 0 aromatic heterocycles. The van der Waals surface area contributed by atoms with E-state index in [1.54, 1.807) is 12.1 Å². The molecule has 20 heavy (non-hydrogen) atoms. The monoisotopic (exact) mass is 299 g/mol. The number of nitrogens with one attached hydrogen (secondary N) is 1. The maximum absolute atomic E-state index is 12.4. The zero-order valence-corrected chi connectivity index (χ0v) is 12.8. The highest BCUT2D eigenvalue weighted by atomic mass is 32.2. The van der Waals surface area contributed by atoms with E-state index in [0.29, 0.717) is 18.7 Å². The van der Waals surface area contributed by atoms with Crippen LogP contribution in [-0.2, 0) is 14.8 Å². The molecule has 0 radical (unpaired) electrons. The number of anilines is 1. The Labute approximate surface area is 120 Å². The van der Waals surface area contributed by atoms with Crippen molar-refractivity contribution < 1.29 is 13.2 Å². The standard InChI is InChI=1S/C13H21N3O3S/c1-10(8-9-14)16(3)20(18,19)13-6-4-12(5-7-13)15-11(2)17/h4-7,10H,8-9,14H2,1-3H3,(H,15,17). The number of hydrogen-bond acceptors (Lipinski definition) is 4. The van der Waals surface area contributed by atoms with Gasteiger partial charge in [0.1, 0.15) is 0 Å². The lowest BCUT2D eigenvalue weighted by Gasteiger charge is -2.24. The Morgan fingerprint density at radius 1 is 1.35 bits per heavy atom. The van der Waals surface area contributed by atoms with E-state index in [-0.39, 0.29) is 16.8 Å². The summed E-state index contributed by atoms with van der Waals surface area (Å²) in [4.78, 5) is 11.1. The lowest BCUT2D eigenvalue weighted by atomic mass is 10.2. The van der Waals surface area contributed by atoms with Gasteiger partial charge in [0.05, 0.1) is 4.90 Å². The van der Waals surface area contributed by atoms with Gasteiger partial charge in [-0.2, -0.15) is 4.31 Å². The second kappa shape index (κ2) is 6.83. The van der Waals surface area contributed by atoms with E-state index in [9.17, 15) is 13.2 Å². The maximum atomic E-state index is 12.4. The highest BCUT2D eigenvalue weighted by molar-refractivity contribution is 7.89. The van der Waals surface area contributed by atoms with Gasteiger partial charge >= 0.3 is 0 Å². The molecule has 112 valence electrons. The van der Waals surface area contributed by atoms with Gasteiger partial charge in [-0.1, -0.05) is 0 Å². The first-order valence-electron chi connectivity index (χ1n) is 6.34. The number of carbonyl (C=O) groups is 1. The molecule has 6 nitrogen and oxygen atoms in total. The number of carbonyl (C=O) groups excluding carboxylic acids is 1. The predicted molar refractivity (Wildman–Crippen MR) is 78.8 cm³/mol. The second-order valence-electron chi connectivity index (χ2n) is 4.65. The molecule has 3 N–H and O–H groups in total. The third-order valence-corrected chi connectivity index (χ3v) is 5.04. The first-order chi connectivity index (χ1) is 9.28. The molecule has 1 amide bonds. The van der Waals surface area contributed by atoms with Gasteiger partial charge in [-0.15, -0.1) is 0 Å². The minimum absolute atomic E-state index is 0.167. The highest BCUT2D eigenvalue weighted by Gasteiger charge is 2.24. The summed E-state index contributed by atoms with van der Waals surface area (Å²) >= 11 is 0. The summed E-state index contributed by atoms with van der Waals surface area (Å²) in [5.41, 5.74) is 6.02. The van der Waals surface area contributed by atoms with Crippen LogP contribution >= 0.6 is 0 Å². The Hall–Kier alpha value is -1.44. The molecule has 7 heteroatoms. The van der Waals surface area contributed by atoms with Crippen LogP contribution in [0.25, 0.3) is 0 Å². The van der Waals surface area contributed by atoms with Gasteiger partial charge in [0.2, 0.25) is 15.9 Å². The summed E-state index contributed by atoms with van der Waals surface area (Å²) in [5, 5.41) is 2.59. The highest BCUT2D eigenvalue weighted by Crippen LogP contribution is 2.19. The largest absolute Gasteiger partial charge is 0.330 e. The normalized spacial score (nSPS) is 13.2. The van der Waals surface area contributed by atoms with Crippen LogP contribution in [0.1, 0.15) is 20.3 Å². The molecule has 1 unspecified atom stereocenters. The third kappa shape index (κ3) is 4.03. The van der Waals surface area contributed by atoms with Crippen molar-refractivity contribution in [3.8, 4) is 0 Å². The molecule has 0 aliphatic rings. The summed E-state index contributed by atoms with van der Waals surface area (Å²) < 4.78 is 26.1. The molecule has 1 rings (SSSR count). The van der Waals surface area contributed by atoms with Crippen LogP contribution in [0.2, 0.25) is 0 Å². The number of sulfonamides is 1. The summed E-state index contributed by atoms with van der Waals surface area (Å²) in [5.74, 6) is -0.200. The average Bonchev–Trinajstić information content (AvgIpc) is 2.38. The Kier molecular flexibility index (Phi) is 5.67. The first-order valence-corrected chi connectivity index (χ1v) is 7.78. The first kappa shape index (κ1) is 16.6. The third-order valence-electron chi connectivity index (χ3n) is 3.06. The van der Waals surface area contributed by atoms with Crippen LogP contribution in [0.4, 0.5) is 5.69 Å². The maximum Gasteiger partial charge on any atom is 0.243 e. The second-order valence-corrected chi connectivity index (χ2v) is 6.65. The summed E-state index contributed by atoms with van der Waals surface area (Å²) in [6, 6.07) is 5.92. The fourth-order valence-electron chi connectivity index (χ4n) is 1.74. The van der Waals surface area contributed by atoms with E-state index < -0.39 is 10.0 Å². The number of nitrogens with two attached hydrogens (primary N) is 1. The Morgan fingerprint density at radius 2 is 1.90 bits per heavy atom. The zero-order chi connectivity index (χ0) is 15.3. The fourth-order valence-corrected chi connectivity index (χ4v) is 3.13. The zero-order valence-electron chi connectivity index (χ0n) is 12.0. The van der Waals surface area contributed by atoms with Gasteiger partial charge in [0.25, 0.3) is 0 Å². The molecule has 0 aliphatic carbocycles. The number of benzene rings is 1. The summed E-state index contributed by atoms with van der Waals surface area (Å²) in [6.07, 6.45) is 0.597. The molecule has 0 heterocycles. The molecule has 1 aromatic carbocycles. The topological polar surface area (TPSA) is 92.5 Å². The van der Waals surface area contributed by atoms with Gasteiger partial charge in [-0.3, -0.25) is 4.79 Å². The minimum atomic E-state index is -3.54. The SMILES string of the molecule is CC(=O)Nc1ccc(S(=O)(=O)N(C)C(C)CCN)cc1. The summed E-state index contributed by atoms with van der Waals surface area (Å²) in [6.45, 7) is 3.64. The lowest BCUT2D eigenvalue weighted by Crippen LogP contribution is -2.36. The number of hydrogen-bond donors (Lipinski definition) is 2. The van der Waals surface area contributed by atoms with Crippen molar-refractivity contribution in [3.63, 3.8) is 0 Å². The van der Waals surface area contributed by atoms with Gasteiger partial charge in [0, 0.05) is 25.7 Å². The van der Waals surface area contributed by atoms with Crippen LogP contribution in [0, 0.1) is 0 Å². The quantitative estimate of drug-likeness (QED) is 0.819. The van der Waals surface area contributed by atoms with Crippen molar-refractivity contribution in [3.05, 3.63) is 24.3 Å². The number of rotatable bonds is 6. The van der Waals surface area contributed by atoms with Gasteiger partial charge in [-0.05, 0) is 44.2 Å². The van der Waals surface area contributed by atoms with E-state index in [0.717, 1.165) is 0 Å². The van der Waals surface area contributed by atoms with Crippen molar-refractivity contribution >= 4 is 21.6 Å². The number of amides is 1. The van der Waals surface area contributed by atoms with E-state index in [2.05, 4.69) is 5.32 Å². The molecular formula is C13H21N3O3S. The smallest absolute Gasteiger partial charge is 0.243 e. The molecule has 1 atom stereocenters. The van der Waals surface area contributed by atoms with Crippen LogP contribution in [0.5, 0.6) is 0 Å². The molecule has 0 saturated heterocycles. The average molecular weight is 299 g/mol.